The Hall–Kier alpha value is -3.71. The summed E-state index contributed by atoms with van der Waals surface area (Å²) in [7, 11) is 0. The monoisotopic (exact) mass is 451 g/mol. The number of benzene rings is 3. The zero-order chi connectivity index (χ0) is 22.5. The van der Waals surface area contributed by atoms with Crippen LogP contribution in [0.2, 0.25) is 5.02 Å². The van der Waals surface area contributed by atoms with Crippen LogP contribution in [0.25, 0.3) is 0 Å². The van der Waals surface area contributed by atoms with Gasteiger partial charge in [-0.05, 0) is 48.9 Å². The van der Waals surface area contributed by atoms with Crippen molar-refractivity contribution in [2.75, 3.05) is 24.0 Å². The van der Waals surface area contributed by atoms with Gasteiger partial charge in [0, 0.05) is 17.3 Å². The first-order valence-corrected chi connectivity index (χ1v) is 10.5. The molecule has 3 aromatic carbocycles. The first-order chi connectivity index (χ1) is 15.5. The van der Waals surface area contributed by atoms with Gasteiger partial charge in [0.05, 0.1) is 17.3 Å². The van der Waals surface area contributed by atoms with E-state index in [2.05, 4.69) is 16.0 Å². The third kappa shape index (κ3) is 5.12. The van der Waals surface area contributed by atoms with Crippen molar-refractivity contribution >= 4 is 34.8 Å². The topological polar surface area (TPSA) is 88.7 Å². The van der Waals surface area contributed by atoms with Crippen molar-refractivity contribution in [2.45, 2.75) is 13.0 Å². The predicted octanol–water partition coefficient (Wildman–Crippen LogP) is 4.61. The SMILES string of the molecule is CC(Nc1ccc(NC(=O)CNC(=O)c2ccc3c(c2)OCO3)cc1Cl)c1ccccc1. The summed E-state index contributed by atoms with van der Waals surface area (Å²) in [6.45, 7) is 1.99. The van der Waals surface area contributed by atoms with Gasteiger partial charge in [-0.25, -0.2) is 0 Å². The van der Waals surface area contributed by atoms with Crippen molar-refractivity contribution < 1.29 is 19.1 Å². The zero-order valence-electron chi connectivity index (χ0n) is 17.4. The second kappa shape index (κ2) is 9.62. The van der Waals surface area contributed by atoms with E-state index in [9.17, 15) is 9.59 Å². The summed E-state index contributed by atoms with van der Waals surface area (Å²) < 4.78 is 10.5. The van der Waals surface area contributed by atoms with E-state index in [0.29, 0.717) is 27.8 Å². The highest BCUT2D eigenvalue weighted by Crippen LogP contribution is 2.32. The maximum absolute atomic E-state index is 12.3. The van der Waals surface area contributed by atoms with Crippen LogP contribution < -0.4 is 25.4 Å². The number of anilines is 2. The summed E-state index contributed by atoms with van der Waals surface area (Å²) in [6.07, 6.45) is 0. The van der Waals surface area contributed by atoms with Crippen molar-refractivity contribution in [2.24, 2.45) is 0 Å². The molecule has 8 heteroatoms. The number of halogens is 1. The van der Waals surface area contributed by atoms with Gasteiger partial charge in [0.2, 0.25) is 12.7 Å². The van der Waals surface area contributed by atoms with Crippen molar-refractivity contribution in [3.63, 3.8) is 0 Å². The van der Waals surface area contributed by atoms with Crippen LogP contribution >= 0.6 is 11.6 Å². The first-order valence-electron chi connectivity index (χ1n) is 10.1. The third-order valence-electron chi connectivity index (χ3n) is 4.97. The fourth-order valence-electron chi connectivity index (χ4n) is 3.27. The lowest BCUT2D eigenvalue weighted by Crippen LogP contribution is -2.32. The number of carbonyl (C=O) groups excluding carboxylic acids is 2. The molecular formula is C24H22ClN3O4. The van der Waals surface area contributed by atoms with Gasteiger partial charge in [-0.1, -0.05) is 41.9 Å². The van der Waals surface area contributed by atoms with E-state index in [1.54, 1.807) is 30.3 Å². The largest absolute Gasteiger partial charge is 0.454 e. The molecule has 0 bridgehead atoms. The maximum atomic E-state index is 12.3. The predicted molar refractivity (Wildman–Crippen MR) is 123 cm³/mol. The minimum Gasteiger partial charge on any atom is -0.454 e. The van der Waals surface area contributed by atoms with Crippen LogP contribution in [-0.2, 0) is 4.79 Å². The molecule has 1 atom stereocenters. The van der Waals surface area contributed by atoms with E-state index in [0.717, 1.165) is 11.3 Å². The number of rotatable bonds is 7. The Balaban J connectivity index is 1.30. The molecule has 7 nitrogen and oxygen atoms in total. The van der Waals surface area contributed by atoms with E-state index in [-0.39, 0.29) is 31.2 Å². The van der Waals surface area contributed by atoms with E-state index < -0.39 is 0 Å². The number of hydrogen-bond donors (Lipinski definition) is 3. The van der Waals surface area contributed by atoms with Gasteiger partial charge in [0.25, 0.3) is 5.91 Å². The van der Waals surface area contributed by atoms with Gasteiger partial charge in [-0.15, -0.1) is 0 Å². The summed E-state index contributed by atoms with van der Waals surface area (Å²) in [5.41, 5.74) is 2.82. The van der Waals surface area contributed by atoms with Gasteiger partial charge in [-0.2, -0.15) is 0 Å². The number of carbonyl (C=O) groups is 2. The van der Waals surface area contributed by atoms with Crippen LogP contribution in [0, 0.1) is 0 Å². The molecule has 0 aliphatic carbocycles. The van der Waals surface area contributed by atoms with Crippen LogP contribution in [0.5, 0.6) is 11.5 Å². The second-order valence-corrected chi connectivity index (χ2v) is 7.68. The minimum absolute atomic E-state index is 0.0699. The Morgan fingerprint density at radius 3 is 2.56 bits per heavy atom. The molecule has 4 rings (SSSR count). The highest BCUT2D eigenvalue weighted by Gasteiger charge is 2.17. The van der Waals surface area contributed by atoms with Gasteiger partial charge in [0.1, 0.15) is 0 Å². The fraction of sp³-hybridized carbons (Fsp3) is 0.167. The summed E-state index contributed by atoms with van der Waals surface area (Å²) in [6, 6.07) is 20.2. The fourth-order valence-corrected chi connectivity index (χ4v) is 3.51. The number of fused-ring (bicyclic) bond motifs is 1. The Kier molecular flexibility index (Phi) is 6.47. The number of amides is 2. The standard InChI is InChI=1S/C24H22ClN3O4/c1-15(16-5-3-2-4-6-16)27-20-9-8-18(12-19(20)25)28-23(29)13-26-24(30)17-7-10-21-22(11-17)32-14-31-21/h2-12,15,27H,13-14H2,1H3,(H,26,30)(H,28,29). The Bertz CT molecular complexity index is 1140. The van der Waals surface area contributed by atoms with Crippen molar-refractivity contribution in [3.8, 4) is 11.5 Å². The maximum Gasteiger partial charge on any atom is 0.251 e. The molecule has 0 fully saturated rings. The molecule has 32 heavy (non-hydrogen) atoms. The summed E-state index contributed by atoms with van der Waals surface area (Å²) >= 11 is 6.39. The molecule has 0 radical (unpaired) electrons. The molecule has 1 heterocycles. The summed E-state index contributed by atoms with van der Waals surface area (Å²) in [5.74, 6) is 0.346. The lowest BCUT2D eigenvalue weighted by atomic mass is 10.1. The van der Waals surface area contributed by atoms with Crippen LogP contribution in [0.4, 0.5) is 11.4 Å². The van der Waals surface area contributed by atoms with Crippen molar-refractivity contribution in [3.05, 3.63) is 82.9 Å². The van der Waals surface area contributed by atoms with Gasteiger partial charge >= 0.3 is 0 Å². The van der Waals surface area contributed by atoms with Crippen LogP contribution in [0.3, 0.4) is 0 Å². The minimum atomic E-state index is -0.383. The molecule has 1 aliphatic rings. The molecule has 3 N–H and O–H groups in total. The van der Waals surface area contributed by atoms with Gasteiger partial charge in [0.15, 0.2) is 11.5 Å². The zero-order valence-corrected chi connectivity index (χ0v) is 18.1. The Labute approximate surface area is 190 Å². The van der Waals surface area contributed by atoms with Gasteiger partial charge < -0.3 is 25.4 Å². The molecule has 0 saturated heterocycles. The molecule has 0 spiro atoms. The Morgan fingerprint density at radius 2 is 1.78 bits per heavy atom. The molecule has 0 saturated carbocycles. The number of hydrogen-bond acceptors (Lipinski definition) is 5. The quantitative estimate of drug-likeness (QED) is 0.488. The second-order valence-electron chi connectivity index (χ2n) is 7.27. The van der Waals surface area contributed by atoms with Crippen LogP contribution in [0.1, 0.15) is 28.9 Å². The highest BCUT2D eigenvalue weighted by atomic mass is 35.5. The smallest absolute Gasteiger partial charge is 0.251 e. The van der Waals surface area contributed by atoms with Crippen LogP contribution in [0.15, 0.2) is 66.7 Å². The van der Waals surface area contributed by atoms with E-state index in [4.69, 9.17) is 21.1 Å². The normalized spacial score (nSPS) is 12.7. The van der Waals surface area contributed by atoms with Crippen molar-refractivity contribution in [1.82, 2.24) is 5.32 Å². The van der Waals surface area contributed by atoms with Crippen LogP contribution in [-0.4, -0.2) is 25.2 Å². The molecule has 164 valence electrons. The van der Waals surface area contributed by atoms with E-state index >= 15 is 0 Å². The lowest BCUT2D eigenvalue weighted by Gasteiger charge is -2.17. The van der Waals surface area contributed by atoms with Crippen molar-refractivity contribution in [1.29, 1.82) is 0 Å². The average molecular weight is 452 g/mol. The highest BCUT2D eigenvalue weighted by molar-refractivity contribution is 6.33. The first kappa shape index (κ1) is 21.5. The van der Waals surface area contributed by atoms with E-state index in [1.807, 2.05) is 43.3 Å². The van der Waals surface area contributed by atoms with E-state index in [1.165, 1.54) is 0 Å². The number of ether oxygens (including phenoxy) is 2. The lowest BCUT2D eigenvalue weighted by molar-refractivity contribution is -0.115. The molecule has 3 aromatic rings. The third-order valence-corrected chi connectivity index (χ3v) is 5.28. The van der Waals surface area contributed by atoms with Gasteiger partial charge in [-0.3, -0.25) is 9.59 Å². The average Bonchev–Trinajstić information content (AvgIpc) is 3.28. The molecule has 1 aliphatic heterocycles. The molecule has 1 unspecified atom stereocenters. The molecular weight excluding hydrogens is 430 g/mol. The Morgan fingerprint density at radius 1 is 1.00 bits per heavy atom. The molecule has 2 amide bonds. The summed E-state index contributed by atoms with van der Waals surface area (Å²) in [4.78, 5) is 24.6. The summed E-state index contributed by atoms with van der Waals surface area (Å²) in [5, 5.41) is 9.16. The number of nitrogens with one attached hydrogen (secondary N) is 3. The molecule has 0 aromatic heterocycles.